The van der Waals surface area contributed by atoms with E-state index in [9.17, 15) is 4.79 Å². The zero-order valence-electron chi connectivity index (χ0n) is 10.6. The average molecular weight is 256 g/mol. The molecule has 0 aromatic carbocycles. The first-order valence-corrected chi connectivity index (χ1v) is 6.95. The number of hydrogen-bond donors (Lipinski definition) is 0. The molecule has 0 unspecified atom stereocenters. The Morgan fingerprint density at radius 2 is 1.28 bits per heavy atom. The van der Waals surface area contributed by atoms with Gasteiger partial charge in [-0.05, 0) is 25.7 Å². The van der Waals surface area contributed by atoms with Crippen molar-refractivity contribution < 1.29 is 24.3 Å². The van der Waals surface area contributed by atoms with Gasteiger partial charge in [0.1, 0.15) is 6.29 Å². The molecule has 3 rings (SSSR count). The van der Waals surface area contributed by atoms with Crippen LogP contribution in [-0.4, -0.2) is 17.9 Å². The summed E-state index contributed by atoms with van der Waals surface area (Å²) < 4.78 is 0. The Kier molecular flexibility index (Phi) is 3.40. The number of aldehydes is 1. The van der Waals surface area contributed by atoms with Crippen molar-refractivity contribution >= 4 is 6.29 Å². The fraction of sp³-hybridized carbons (Fsp3) is 0.923. The third-order valence-corrected chi connectivity index (χ3v) is 4.29. The molecule has 2 aliphatic carbocycles. The van der Waals surface area contributed by atoms with Gasteiger partial charge in [-0.2, -0.15) is 19.6 Å². The maximum atomic E-state index is 10.7. The van der Waals surface area contributed by atoms with E-state index in [2.05, 4.69) is 0 Å². The minimum atomic E-state index is -0.789. The molecule has 2 spiro atoms. The van der Waals surface area contributed by atoms with Crippen LogP contribution in [0.4, 0.5) is 0 Å². The predicted octanol–water partition coefficient (Wildman–Crippen LogP) is 2.64. The molecule has 0 atom stereocenters. The lowest BCUT2D eigenvalue weighted by molar-refractivity contribution is -0.662. The molecule has 5 heteroatoms. The van der Waals surface area contributed by atoms with Crippen molar-refractivity contribution in [2.24, 2.45) is 5.92 Å². The van der Waals surface area contributed by atoms with E-state index in [1.165, 1.54) is 6.42 Å². The van der Waals surface area contributed by atoms with Crippen molar-refractivity contribution in [3.8, 4) is 0 Å². The van der Waals surface area contributed by atoms with Crippen molar-refractivity contribution in [1.29, 1.82) is 0 Å². The van der Waals surface area contributed by atoms with Gasteiger partial charge in [0.2, 0.25) is 11.6 Å². The highest BCUT2D eigenvalue weighted by Crippen LogP contribution is 2.44. The molecule has 1 saturated heterocycles. The highest BCUT2D eigenvalue weighted by Gasteiger charge is 2.50. The van der Waals surface area contributed by atoms with E-state index < -0.39 is 11.6 Å². The van der Waals surface area contributed by atoms with Crippen LogP contribution in [0.3, 0.4) is 0 Å². The van der Waals surface area contributed by atoms with Crippen molar-refractivity contribution in [3.63, 3.8) is 0 Å². The average Bonchev–Trinajstić information content (AvgIpc) is 2.45. The Morgan fingerprint density at radius 1 is 0.778 bits per heavy atom. The maximum Gasteiger partial charge on any atom is 0.234 e. The van der Waals surface area contributed by atoms with Crippen LogP contribution >= 0.6 is 0 Å². The van der Waals surface area contributed by atoms with Crippen LogP contribution in [0.25, 0.3) is 0 Å². The van der Waals surface area contributed by atoms with Gasteiger partial charge >= 0.3 is 0 Å². The summed E-state index contributed by atoms with van der Waals surface area (Å²) in [5.41, 5.74) is 0. The molecule has 1 aliphatic heterocycles. The molecule has 2 saturated carbocycles. The molecule has 0 radical (unpaired) electrons. The van der Waals surface area contributed by atoms with Crippen molar-refractivity contribution in [3.05, 3.63) is 0 Å². The minimum Gasteiger partial charge on any atom is -0.303 e. The van der Waals surface area contributed by atoms with Gasteiger partial charge in [-0.1, -0.05) is 6.42 Å². The van der Waals surface area contributed by atoms with Crippen LogP contribution < -0.4 is 0 Å². The summed E-state index contributed by atoms with van der Waals surface area (Å²) in [6.07, 6.45) is 8.84. The van der Waals surface area contributed by atoms with Crippen LogP contribution in [0.5, 0.6) is 0 Å². The van der Waals surface area contributed by atoms with Gasteiger partial charge in [0.25, 0.3) is 0 Å². The second-order valence-corrected chi connectivity index (χ2v) is 5.69. The number of carbonyl (C=O) groups is 1. The first kappa shape index (κ1) is 12.5. The van der Waals surface area contributed by atoms with Crippen molar-refractivity contribution in [2.75, 3.05) is 0 Å². The third-order valence-electron chi connectivity index (χ3n) is 4.29. The summed E-state index contributed by atoms with van der Waals surface area (Å²) in [5.74, 6) is -1.36. The number of carbonyl (C=O) groups excluding carboxylic acids is 1. The zero-order chi connectivity index (χ0) is 12.5. The molecule has 0 amide bonds. The lowest BCUT2D eigenvalue weighted by atomic mass is 9.86. The van der Waals surface area contributed by atoms with Gasteiger partial charge in [-0.15, -0.1) is 0 Å². The highest BCUT2D eigenvalue weighted by molar-refractivity contribution is 5.53. The Balaban J connectivity index is 1.57. The molecule has 0 aromatic rings. The second kappa shape index (κ2) is 4.89. The van der Waals surface area contributed by atoms with Crippen molar-refractivity contribution in [2.45, 2.75) is 69.4 Å². The fourth-order valence-corrected chi connectivity index (χ4v) is 2.97. The lowest BCUT2D eigenvalue weighted by Gasteiger charge is -2.46. The van der Waals surface area contributed by atoms with Crippen LogP contribution in [0.1, 0.15) is 57.8 Å². The van der Waals surface area contributed by atoms with E-state index in [1.54, 1.807) is 0 Å². The van der Waals surface area contributed by atoms with E-state index in [1.807, 2.05) is 0 Å². The van der Waals surface area contributed by atoms with Gasteiger partial charge < -0.3 is 4.79 Å². The molecule has 0 aromatic heterocycles. The molecular weight excluding hydrogens is 236 g/mol. The fourth-order valence-electron chi connectivity index (χ4n) is 2.97. The van der Waals surface area contributed by atoms with Crippen LogP contribution in [0.2, 0.25) is 0 Å². The molecule has 3 aliphatic rings. The Labute approximate surface area is 107 Å². The first-order valence-electron chi connectivity index (χ1n) is 6.95. The van der Waals surface area contributed by atoms with Gasteiger partial charge in [-0.3, -0.25) is 0 Å². The minimum absolute atomic E-state index is 0.119. The summed E-state index contributed by atoms with van der Waals surface area (Å²) in [7, 11) is 0. The van der Waals surface area contributed by atoms with Crippen molar-refractivity contribution in [1.82, 2.24) is 0 Å². The third kappa shape index (κ3) is 2.32. The van der Waals surface area contributed by atoms with E-state index in [4.69, 9.17) is 19.6 Å². The summed E-state index contributed by atoms with van der Waals surface area (Å²) in [6, 6.07) is 0. The molecule has 0 N–H and O–H groups in total. The second-order valence-electron chi connectivity index (χ2n) is 5.69. The first-order chi connectivity index (χ1) is 8.76. The van der Waals surface area contributed by atoms with Crippen LogP contribution in [0, 0.1) is 5.92 Å². The maximum absolute atomic E-state index is 10.7. The van der Waals surface area contributed by atoms with E-state index in [0.717, 1.165) is 44.8 Å². The molecule has 18 heavy (non-hydrogen) atoms. The van der Waals surface area contributed by atoms with Crippen LogP contribution in [0.15, 0.2) is 0 Å². The SMILES string of the molecule is O=CC1CCC2(CC1)OOC1(CCCCC1)OO2. The molecular formula is C13H20O5. The standard InChI is InChI=1S/C13H20O5/c14-10-11-4-8-13(9-5-11)17-15-12(16-18-13)6-2-1-3-7-12/h10-11H,1-9H2. The topological polar surface area (TPSA) is 54.0 Å². The molecule has 3 fully saturated rings. The molecule has 0 bridgehead atoms. The summed E-state index contributed by atoms with van der Waals surface area (Å²) in [6.45, 7) is 0. The molecule has 102 valence electrons. The van der Waals surface area contributed by atoms with E-state index in [0.29, 0.717) is 12.8 Å². The summed E-state index contributed by atoms with van der Waals surface area (Å²) in [5, 5.41) is 0. The van der Waals surface area contributed by atoms with Gasteiger partial charge in [0, 0.05) is 31.6 Å². The van der Waals surface area contributed by atoms with Gasteiger partial charge in [-0.25, -0.2) is 0 Å². The lowest BCUT2D eigenvalue weighted by Crippen LogP contribution is -2.52. The summed E-state index contributed by atoms with van der Waals surface area (Å²) >= 11 is 0. The Bertz CT molecular complexity index is 291. The Hall–Kier alpha value is -0.490. The molecule has 1 heterocycles. The predicted molar refractivity (Wildman–Crippen MR) is 60.9 cm³/mol. The Morgan fingerprint density at radius 3 is 1.78 bits per heavy atom. The van der Waals surface area contributed by atoms with E-state index >= 15 is 0 Å². The largest absolute Gasteiger partial charge is 0.303 e. The normalized spacial score (nSPS) is 31.6. The smallest absolute Gasteiger partial charge is 0.234 e. The monoisotopic (exact) mass is 256 g/mol. The number of hydrogen-bond acceptors (Lipinski definition) is 5. The quantitative estimate of drug-likeness (QED) is 0.533. The van der Waals surface area contributed by atoms with Crippen LogP contribution in [-0.2, 0) is 24.3 Å². The number of rotatable bonds is 1. The van der Waals surface area contributed by atoms with Gasteiger partial charge in [0.15, 0.2) is 0 Å². The summed E-state index contributed by atoms with van der Waals surface area (Å²) in [4.78, 5) is 32.9. The van der Waals surface area contributed by atoms with E-state index in [-0.39, 0.29) is 5.92 Å². The van der Waals surface area contributed by atoms with Gasteiger partial charge in [0.05, 0.1) is 0 Å². The highest BCUT2D eigenvalue weighted by atomic mass is 17.4. The molecule has 5 nitrogen and oxygen atoms in total. The zero-order valence-corrected chi connectivity index (χ0v) is 10.6.